The molecule has 0 aliphatic carbocycles. The van der Waals surface area contributed by atoms with Crippen molar-refractivity contribution in [1.29, 1.82) is 0 Å². The summed E-state index contributed by atoms with van der Waals surface area (Å²) in [6.07, 6.45) is 0.333. The highest BCUT2D eigenvalue weighted by Crippen LogP contribution is 2.18. The van der Waals surface area contributed by atoms with Gasteiger partial charge in [-0.3, -0.25) is 14.4 Å². The lowest BCUT2D eigenvalue weighted by Crippen LogP contribution is -2.47. The molecule has 29 heavy (non-hydrogen) atoms. The van der Waals surface area contributed by atoms with Gasteiger partial charge in [-0.25, -0.2) is 4.79 Å². The standard InChI is InChI=1S/C20H20ClN3O5/c1-12-3-2-4-13(7-12)9-23-18(26)14-5-6-15(16(21)8-14)19(27)24-17(20(28)29)10-22-11-25/h2-8,11,17H,9-10H2,1H3,(H,22,25)(H,23,26)(H,24,27)(H,28,29)/t17-/m0/s1. The zero-order chi connectivity index (χ0) is 21.4. The molecular formula is C20H20ClN3O5. The highest BCUT2D eigenvalue weighted by molar-refractivity contribution is 6.34. The van der Waals surface area contributed by atoms with Crippen LogP contribution >= 0.6 is 11.6 Å². The fourth-order valence-corrected chi connectivity index (χ4v) is 2.82. The van der Waals surface area contributed by atoms with E-state index < -0.39 is 17.9 Å². The lowest BCUT2D eigenvalue weighted by molar-refractivity contribution is -0.139. The van der Waals surface area contributed by atoms with E-state index >= 15 is 0 Å². The van der Waals surface area contributed by atoms with E-state index in [0.29, 0.717) is 13.0 Å². The van der Waals surface area contributed by atoms with E-state index in [4.69, 9.17) is 16.7 Å². The van der Waals surface area contributed by atoms with Gasteiger partial charge in [0.2, 0.25) is 6.41 Å². The van der Waals surface area contributed by atoms with E-state index in [1.54, 1.807) is 0 Å². The maximum atomic E-state index is 12.3. The fraction of sp³-hybridized carbons (Fsp3) is 0.200. The van der Waals surface area contributed by atoms with E-state index in [9.17, 15) is 19.2 Å². The van der Waals surface area contributed by atoms with Crippen LogP contribution in [0.2, 0.25) is 5.02 Å². The van der Waals surface area contributed by atoms with Crippen LogP contribution in [0.4, 0.5) is 0 Å². The number of hydrogen-bond acceptors (Lipinski definition) is 4. The van der Waals surface area contributed by atoms with Crippen LogP contribution in [-0.4, -0.2) is 41.9 Å². The van der Waals surface area contributed by atoms with Gasteiger partial charge >= 0.3 is 5.97 Å². The number of aliphatic carboxylic acids is 1. The molecule has 0 fully saturated rings. The summed E-state index contributed by atoms with van der Waals surface area (Å²) in [4.78, 5) is 46.1. The molecule has 8 nitrogen and oxygen atoms in total. The van der Waals surface area contributed by atoms with Gasteiger partial charge in [-0.2, -0.15) is 0 Å². The highest BCUT2D eigenvalue weighted by Gasteiger charge is 2.22. The molecule has 2 aromatic carbocycles. The summed E-state index contributed by atoms with van der Waals surface area (Å²) in [5, 5.41) is 16.3. The summed E-state index contributed by atoms with van der Waals surface area (Å²) in [7, 11) is 0. The van der Waals surface area contributed by atoms with Gasteiger partial charge in [-0.15, -0.1) is 0 Å². The van der Waals surface area contributed by atoms with Gasteiger partial charge in [0.25, 0.3) is 11.8 Å². The Kier molecular flexibility index (Phi) is 7.73. The van der Waals surface area contributed by atoms with Crippen LogP contribution < -0.4 is 16.0 Å². The number of carbonyl (C=O) groups is 4. The van der Waals surface area contributed by atoms with Crippen LogP contribution in [0, 0.1) is 6.92 Å². The predicted octanol–water partition coefficient (Wildman–Crippen LogP) is 1.51. The van der Waals surface area contributed by atoms with E-state index in [-0.39, 0.29) is 28.6 Å². The van der Waals surface area contributed by atoms with Gasteiger partial charge in [0, 0.05) is 18.7 Å². The minimum atomic E-state index is -1.32. The van der Waals surface area contributed by atoms with Crippen molar-refractivity contribution in [2.24, 2.45) is 0 Å². The molecule has 2 rings (SSSR count). The van der Waals surface area contributed by atoms with Crippen LogP contribution in [0.3, 0.4) is 0 Å². The number of aryl methyl sites for hydroxylation is 1. The van der Waals surface area contributed by atoms with E-state index in [1.807, 2.05) is 31.2 Å². The zero-order valence-electron chi connectivity index (χ0n) is 15.6. The Bertz CT molecular complexity index is 932. The number of benzene rings is 2. The number of nitrogens with one attached hydrogen (secondary N) is 3. The average molecular weight is 418 g/mol. The van der Waals surface area contributed by atoms with Crippen molar-refractivity contribution >= 4 is 35.8 Å². The Labute approximate surface area is 172 Å². The van der Waals surface area contributed by atoms with Crippen LogP contribution in [0.25, 0.3) is 0 Å². The topological polar surface area (TPSA) is 125 Å². The normalized spacial score (nSPS) is 11.2. The van der Waals surface area contributed by atoms with E-state index in [0.717, 1.165) is 11.1 Å². The van der Waals surface area contributed by atoms with Crippen molar-refractivity contribution in [2.45, 2.75) is 19.5 Å². The zero-order valence-corrected chi connectivity index (χ0v) is 16.3. The van der Waals surface area contributed by atoms with Crippen molar-refractivity contribution in [3.8, 4) is 0 Å². The summed E-state index contributed by atoms with van der Waals surface area (Å²) in [6, 6.07) is 10.5. The van der Waals surface area contributed by atoms with Gasteiger partial charge in [0.1, 0.15) is 6.04 Å². The highest BCUT2D eigenvalue weighted by atomic mass is 35.5. The second-order valence-corrected chi connectivity index (χ2v) is 6.66. The molecule has 0 radical (unpaired) electrons. The van der Waals surface area contributed by atoms with Gasteiger partial charge in [0.15, 0.2) is 0 Å². The molecule has 1 atom stereocenters. The summed E-state index contributed by atoms with van der Waals surface area (Å²) in [5.41, 5.74) is 2.30. The third kappa shape index (κ3) is 6.32. The van der Waals surface area contributed by atoms with Crippen molar-refractivity contribution in [2.75, 3.05) is 6.54 Å². The molecule has 0 bridgehead atoms. The molecule has 0 saturated heterocycles. The Hall–Kier alpha value is -3.39. The molecule has 2 aromatic rings. The third-order valence-electron chi connectivity index (χ3n) is 4.02. The molecule has 0 aliphatic rings. The molecular weight excluding hydrogens is 398 g/mol. The lowest BCUT2D eigenvalue weighted by Gasteiger charge is -2.15. The third-order valence-corrected chi connectivity index (χ3v) is 4.33. The number of amides is 3. The van der Waals surface area contributed by atoms with Gasteiger partial charge in [-0.05, 0) is 30.7 Å². The number of rotatable bonds is 9. The number of carboxylic acid groups (broad SMARTS) is 1. The first-order valence-corrected chi connectivity index (χ1v) is 9.03. The first-order valence-electron chi connectivity index (χ1n) is 8.65. The molecule has 9 heteroatoms. The maximum absolute atomic E-state index is 12.3. The summed E-state index contributed by atoms with van der Waals surface area (Å²) in [5.74, 6) is -2.41. The summed E-state index contributed by atoms with van der Waals surface area (Å²) in [6.45, 7) is 2.02. The lowest BCUT2D eigenvalue weighted by atomic mass is 10.1. The first kappa shape index (κ1) is 21.9. The molecule has 0 heterocycles. The van der Waals surface area contributed by atoms with Gasteiger partial charge in [0.05, 0.1) is 10.6 Å². The van der Waals surface area contributed by atoms with Crippen LogP contribution in [0.5, 0.6) is 0 Å². The molecule has 152 valence electrons. The second-order valence-electron chi connectivity index (χ2n) is 6.26. The first-order chi connectivity index (χ1) is 13.8. The molecule has 4 N–H and O–H groups in total. The minimum Gasteiger partial charge on any atom is -0.480 e. The van der Waals surface area contributed by atoms with Crippen LogP contribution in [0.1, 0.15) is 31.8 Å². The second kappa shape index (κ2) is 10.2. The Balaban J connectivity index is 2.04. The summed E-state index contributed by atoms with van der Waals surface area (Å²) >= 11 is 6.11. The van der Waals surface area contributed by atoms with Crippen molar-refractivity contribution in [3.63, 3.8) is 0 Å². The number of halogens is 1. The Morgan fingerprint density at radius 3 is 2.52 bits per heavy atom. The van der Waals surface area contributed by atoms with Crippen molar-refractivity contribution in [3.05, 3.63) is 69.7 Å². The number of carboxylic acids is 1. The smallest absolute Gasteiger partial charge is 0.328 e. The number of hydrogen-bond donors (Lipinski definition) is 4. The van der Waals surface area contributed by atoms with Crippen LogP contribution in [-0.2, 0) is 16.1 Å². The summed E-state index contributed by atoms with van der Waals surface area (Å²) < 4.78 is 0. The number of carbonyl (C=O) groups excluding carboxylic acids is 3. The molecule has 3 amide bonds. The van der Waals surface area contributed by atoms with E-state index in [2.05, 4.69) is 16.0 Å². The van der Waals surface area contributed by atoms with Crippen LogP contribution in [0.15, 0.2) is 42.5 Å². The Morgan fingerprint density at radius 1 is 1.14 bits per heavy atom. The monoisotopic (exact) mass is 417 g/mol. The molecule has 0 unspecified atom stereocenters. The van der Waals surface area contributed by atoms with Gasteiger partial charge in [-0.1, -0.05) is 41.4 Å². The van der Waals surface area contributed by atoms with Crippen molar-refractivity contribution < 1.29 is 24.3 Å². The molecule has 0 spiro atoms. The van der Waals surface area contributed by atoms with Gasteiger partial charge < -0.3 is 21.1 Å². The van der Waals surface area contributed by atoms with E-state index in [1.165, 1.54) is 18.2 Å². The maximum Gasteiger partial charge on any atom is 0.328 e. The SMILES string of the molecule is Cc1cccc(CNC(=O)c2ccc(C(=O)N[C@@H](CNC=O)C(=O)O)c(Cl)c2)c1. The molecule has 0 saturated carbocycles. The Morgan fingerprint density at radius 2 is 1.90 bits per heavy atom. The minimum absolute atomic E-state index is 0.00168. The fourth-order valence-electron chi connectivity index (χ4n) is 2.55. The quantitative estimate of drug-likeness (QED) is 0.460. The molecule has 0 aliphatic heterocycles. The average Bonchev–Trinajstić information content (AvgIpc) is 2.68. The predicted molar refractivity (Wildman–Crippen MR) is 107 cm³/mol. The molecule has 0 aromatic heterocycles. The van der Waals surface area contributed by atoms with Crippen molar-refractivity contribution in [1.82, 2.24) is 16.0 Å². The largest absolute Gasteiger partial charge is 0.480 e.